The molecule has 2 N–H and O–H groups in total. The summed E-state index contributed by atoms with van der Waals surface area (Å²) in [5.41, 5.74) is 1.07. The van der Waals surface area contributed by atoms with E-state index in [9.17, 15) is 4.79 Å². The van der Waals surface area contributed by atoms with Crippen molar-refractivity contribution in [1.82, 2.24) is 9.97 Å². The molecule has 0 saturated carbocycles. The number of nitrogens with one attached hydrogen (secondary N) is 1. The number of aryl methyl sites for hydroxylation is 1. The van der Waals surface area contributed by atoms with Crippen molar-refractivity contribution in [2.24, 2.45) is 0 Å². The molecule has 6 heteroatoms. The van der Waals surface area contributed by atoms with E-state index >= 15 is 0 Å². The van der Waals surface area contributed by atoms with Crippen LogP contribution in [0.5, 0.6) is 5.75 Å². The van der Waals surface area contributed by atoms with E-state index in [-0.39, 0.29) is 5.69 Å². The lowest BCUT2D eigenvalue weighted by atomic mass is 10.1. The van der Waals surface area contributed by atoms with Crippen LogP contribution >= 0.6 is 15.9 Å². The quantitative estimate of drug-likeness (QED) is 0.914. The predicted molar refractivity (Wildman–Crippen MR) is 70.0 cm³/mol. The number of halogens is 1. The van der Waals surface area contributed by atoms with E-state index in [4.69, 9.17) is 9.84 Å². The number of imidazole rings is 1. The van der Waals surface area contributed by atoms with Crippen LogP contribution in [0.4, 0.5) is 0 Å². The van der Waals surface area contributed by atoms with Crippen molar-refractivity contribution in [3.05, 3.63) is 34.2 Å². The minimum absolute atomic E-state index is 0.0592. The molecule has 5 nitrogen and oxygen atoms in total. The summed E-state index contributed by atoms with van der Waals surface area (Å²) in [6, 6.07) is 5.36. The van der Waals surface area contributed by atoms with Gasteiger partial charge in [0.05, 0.1) is 7.11 Å². The Balaban J connectivity index is 2.68. The lowest BCUT2D eigenvalue weighted by Crippen LogP contribution is -2.00. The molecule has 0 radical (unpaired) electrons. The van der Waals surface area contributed by atoms with Gasteiger partial charge in [-0.3, -0.25) is 0 Å². The normalized spacial score (nSPS) is 10.4. The third-order valence-electron chi connectivity index (χ3n) is 2.45. The number of rotatable bonds is 3. The Labute approximate surface area is 112 Å². The number of benzene rings is 1. The standard InChI is InChI=1S/C12H11BrN2O3/c1-6-14-10(11(15-6)12(16)17)8-5-7(13)3-4-9(8)18-2/h3-5H,1-2H3,(H,14,15)(H,16,17). The van der Waals surface area contributed by atoms with E-state index in [1.54, 1.807) is 19.1 Å². The highest BCUT2D eigenvalue weighted by Gasteiger charge is 2.19. The van der Waals surface area contributed by atoms with E-state index in [0.717, 1.165) is 4.47 Å². The summed E-state index contributed by atoms with van der Waals surface area (Å²) in [6.07, 6.45) is 0. The second-order valence-electron chi connectivity index (χ2n) is 3.70. The Morgan fingerprint density at radius 2 is 2.22 bits per heavy atom. The topological polar surface area (TPSA) is 75.2 Å². The molecule has 18 heavy (non-hydrogen) atoms. The average Bonchev–Trinajstić information content (AvgIpc) is 2.71. The largest absolute Gasteiger partial charge is 0.496 e. The summed E-state index contributed by atoms with van der Waals surface area (Å²) in [6.45, 7) is 1.71. The van der Waals surface area contributed by atoms with Crippen molar-refractivity contribution in [3.8, 4) is 17.0 Å². The summed E-state index contributed by atoms with van der Waals surface area (Å²) in [5, 5.41) is 9.15. The first kappa shape index (κ1) is 12.6. The van der Waals surface area contributed by atoms with Crippen molar-refractivity contribution >= 4 is 21.9 Å². The van der Waals surface area contributed by atoms with Gasteiger partial charge in [0.1, 0.15) is 17.3 Å². The smallest absolute Gasteiger partial charge is 0.354 e. The Morgan fingerprint density at radius 3 is 2.83 bits per heavy atom. The Hall–Kier alpha value is -1.82. The number of aromatic carboxylic acids is 1. The van der Waals surface area contributed by atoms with Gasteiger partial charge in [0, 0.05) is 10.0 Å². The van der Waals surface area contributed by atoms with E-state index in [1.807, 2.05) is 6.07 Å². The number of H-pyrrole nitrogens is 1. The number of hydrogen-bond donors (Lipinski definition) is 2. The lowest BCUT2D eigenvalue weighted by Gasteiger charge is -2.07. The number of carbonyl (C=O) groups is 1. The van der Waals surface area contributed by atoms with Gasteiger partial charge in [-0.1, -0.05) is 15.9 Å². The van der Waals surface area contributed by atoms with Crippen LogP contribution in [0.3, 0.4) is 0 Å². The minimum Gasteiger partial charge on any atom is -0.496 e. The summed E-state index contributed by atoms with van der Waals surface area (Å²) in [4.78, 5) is 18.1. The first-order chi connectivity index (χ1) is 8.52. The fourth-order valence-corrected chi connectivity index (χ4v) is 2.07. The van der Waals surface area contributed by atoms with E-state index in [0.29, 0.717) is 22.8 Å². The Bertz CT molecular complexity index is 607. The fraction of sp³-hybridized carbons (Fsp3) is 0.167. The van der Waals surface area contributed by atoms with Crippen LogP contribution in [-0.4, -0.2) is 28.2 Å². The summed E-state index contributed by atoms with van der Waals surface area (Å²) >= 11 is 3.35. The number of aromatic amines is 1. The summed E-state index contributed by atoms with van der Waals surface area (Å²) in [7, 11) is 1.53. The predicted octanol–water partition coefficient (Wildman–Crippen LogP) is 2.85. The van der Waals surface area contributed by atoms with Gasteiger partial charge in [0.2, 0.25) is 0 Å². The molecule has 0 amide bonds. The number of methoxy groups -OCH3 is 1. The second-order valence-corrected chi connectivity index (χ2v) is 4.61. The molecule has 0 fully saturated rings. The first-order valence-electron chi connectivity index (χ1n) is 5.16. The van der Waals surface area contributed by atoms with Crippen LogP contribution in [0.25, 0.3) is 11.3 Å². The van der Waals surface area contributed by atoms with Gasteiger partial charge >= 0.3 is 5.97 Å². The van der Waals surface area contributed by atoms with E-state index in [2.05, 4.69) is 25.9 Å². The molecule has 0 atom stereocenters. The maximum absolute atomic E-state index is 11.2. The number of carboxylic acids is 1. The number of aromatic nitrogens is 2. The molecule has 1 aromatic heterocycles. The molecule has 0 spiro atoms. The molecule has 2 rings (SSSR count). The van der Waals surface area contributed by atoms with Gasteiger partial charge in [-0.15, -0.1) is 0 Å². The van der Waals surface area contributed by atoms with E-state index in [1.165, 1.54) is 7.11 Å². The number of nitrogens with zero attached hydrogens (tertiary/aromatic N) is 1. The zero-order valence-electron chi connectivity index (χ0n) is 9.82. The highest BCUT2D eigenvalue weighted by atomic mass is 79.9. The van der Waals surface area contributed by atoms with Gasteiger partial charge in [-0.25, -0.2) is 9.78 Å². The van der Waals surface area contributed by atoms with Crippen LogP contribution < -0.4 is 4.74 Å². The molecular formula is C12H11BrN2O3. The highest BCUT2D eigenvalue weighted by Crippen LogP contribution is 2.33. The van der Waals surface area contributed by atoms with Gasteiger partial charge in [0.25, 0.3) is 0 Å². The molecule has 0 bridgehead atoms. The molecular weight excluding hydrogens is 300 g/mol. The summed E-state index contributed by atoms with van der Waals surface area (Å²) in [5.74, 6) is 0.0734. The zero-order chi connectivity index (χ0) is 13.3. The second kappa shape index (κ2) is 4.81. The van der Waals surface area contributed by atoms with Crippen molar-refractivity contribution < 1.29 is 14.6 Å². The third kappa shape index (κ3) is 2.24. The zero-order valence-corrected chi connectivity index (χ0v) is 11.4. The molecule has 0 unspecified atom stereocenters. The molecule has 94 valence electrons. The number of hydrogen-bond acceptors (Lipinski definition) is 3. The maximum atomic E-state index is 11.2. The van der Waals surface area contributed by atoms with Gasteiger partial charge in [-0.05, 0) is 25.1 Å². The van der Waals surface area contributed by atoms with Crippen LogP contribution in [0.1, 0.15) is 16.3 Å². The van der Waals surface area contributed by atoms with Crippen LogP contribution in [0.2, 0.25) is 0 Å². The van der Waals surface area contributed by atoms with Gasteiger partial charge in [0.15, 0.2) is 5.69 Å². The van der Waals surface area contributed by atoms with Gasteiger partial charge in [-0.2, -0.15) is 0 Å². The summed E-state index contributed by atoms with van der Waals surface area (Å²) < 4.78 is 6.06. The van der Waals surface area contributed by atoms with E-state index < -0.39 is 5.97 Å². The van der Waals surface area contributed by atoms with Crippen LogP contribution in [0.15, 0.2) is 22.7 Å². The van der Waals surface area contributed by atoms with Crippen LogP contribution in [0, 0.1) is 6.92 Å². The van der Waals surface area contributed by atoms with Crippen LogP contribution in [-0.2, 0) is 0 Å². The number of carboxylic acid groups (broad SMARTS) is 1. The minimum atomic E-state index is -1.05. The Morgan fingerprint density at radius 1 is 1.50 bits per heavy atom. The van der Waals surface area contributed by atoms with Crippen molar-refractivity contribution in [2.75, 3.05) is 7.11 Å². The fourth-order valence-electron chi connectivity index (χ4n) is 1.71. The average molecular weight is 311 g/mol. The van der Waals surface area contributed by atoms with Crippen molar-refractivity contribution in [2.45, 2.75) is 6.92 Å². The molecule has 0 aliphatic rings. The molecule has 0 aliphatic heterocycles. The highest BCUT2D eigenvalue weighted by molar-refractivity contribution is 9.10. The molecule has 2 aromatic rings. The SMILES string of the molecule is COc1ccc(Br)cc1-c1nc(C)[nH]c1C(=O)O. The van der Waals surface area contributed by atoms with Gasteiger partial charge < -0.3 is 14.8 Å². The molecule has 0 aliphatic carbocycles. The first-order valence-corrected chi connectivity index (χ1v) is 5.96. The number of ether oxygens (including phenoxy) is 1. The van der Waals surface area contributed by atoms with Crippen molar-refractivity contribution in [1.29, 1.82) is 0 Å². The maximum Gasteiger partial charge on any atom is 0.354 e. The lowest BCUT2D eigenvalue weighted by molar-refractivity contribution is 0.0692. The van der Waals surface area contributed by atoms with Crippen molar-refractivity contribution in [3.63, 3.8) is 0 Å². The monoisotopic (exact) mass is 310 g/mol. The molecule has 1 aromatic carbocycles. The molecule has 0 saturated heterocycles. The Kier molecular flexibility index (Phi) is 3.38. The molecule has 1 heterocycles. The third-order valence-corrected chi connectivity index (χ3v) is 2.95.